The molecule has 112 valence electrons. The van der Waals surface area contributed by atoms with Gasteiger partial charge in [0.2, 0.25) is 0 Å². The van der Waals surface area contributed by atoms with E-state index in [1.807, 2.05) is 0 Å². The molecule has 1 aliphatic rings. The average molecular weight is 279 g/mol. The number of benzene rings is 1. The summed E-state index contributed by atoms with van der Waals surface area (Å²) in [6, 6.07) is 7.24. The van der Waals surface area contributed by atoms with Crippen molar-refractivity contribution >= 4 is 5.69 Å². The van der Waals surface area contributed by atoms with E-state index in [0.29, 0.717) is 6.04 Å². The van der Waals surface area contributed by atoms with Crippen molar-refractivity contribution in [2.75, 3.05) is 45.1 Å². The highest BCUT2D eigenvalue weighted by atomic mass is 19.1. The first-order valence-corrected chi connectivity index (χ1v) is 7.61. The summed E-state index contributed by atoms with van der Waals surface area (Å²) in [5.74, 6) is -0.183. The molecule has 2 rings (SSSR count). The lowest BCUT2D eigenvalue weighted by atomic mass is 10.2. The van der Waals surface area contributed by atoms with Crippen molar-refractivity contribution in [3.05, 3.63) is 30.1 Å². The molecule has 1 unspecified atom stereocenters. The number of rotatable bonds is 5. The van der Waals surface area contributed by atoms with Gasteiger partial charge < -0.3 is 10.2 Å². The molecule has 0 spiro atoms. The Labute approximate surface area is 121 Å². The summed E-state index contributed by atoms with van der Waals surface area (Å²) in [7, 11) is 2.21. The third-order valence-electron chi connectivity index (χ3n) is 4.07. The van der Waals surface area contributed by atoms with Crippen molar-refractivity contribution in [1.29, 1.82) is 0 Å². The molecule has 1 heterocycles. The third-order valence-corrected chi connectivity index (χ3v) is 4.07. The van der Waals surface area contributed by atoms with Crippen molar-refractivity contribution in [2.24, 2.45) is 0 Å². The standard InChI is InChI=1S/C16H26FN3/c1-3-16-13-19(2)10-4-11-20(16)12-9-18-15-7-5-14(17)6-8-15/h5-8,16,18H,3-4,9-13H2,1-2H3. The Kier molecular flexibility index (Phi) is 5.80. The van der Waals surface area contributed by atoms with Crippen LogP contribution in [0.2, 0.25) is 0 Å². The van der Waals surface area contributed by atoms with Gasteiger partial charge in [-0.05, 0) is 57.2 Å². The zero-order valence-corrected chi connectivity index (χ0v) is 12.6. The predicted octanol–water partition coefficient (Wildman–Crippen LogP) is 2.65. The molecule has 3 nitrogen and oxygen atoms in total. The van der Waals surface area contributed by atoms with Crippen LogP contribution < -0.4 is 5.32 Å². The lowest BCUT2D eigenvalue weighted by Gasteiger charge is -2.30. The third kappa shape index (κ3) is 4.46. The minimum Gasteiger partial charge on any atom is -0.384 e. The minimum atomic E-state index is -0.183. The van der Waals surface area contributed by atoms with Crippen LogP contribution >= 0.6 is 0 Å². The Morgan fingerprint density at radius 2 is 2.00 bits per heavy atom. The highest BCUT2D eigenvalue weighted by Crippen LogP contribution is 2.12. The van der Waals surface area contributed by atoms with Crippen molar-refractivity contribution in [1.82, 2.24) is 9.80 Å². The van der Waals surface area contributed by atoms with Crippen molar-refractivity contribution in [3.8, 4) is 0 Å². The number of halogens is 1. The van der Waals surface area contributed by atoms with Crippen LogP contribution in [0.1, 0.15) is 19.8 Å². The van der Waals surface area contributed by atoms with Gasteiger partial charge in [0.05, 0.1) is 0 Å². The Morgan fingerprint density at radius 3 is 2.70 bits per heavy atom. The number of anilines is 1. The molecule has 0 aliphatic carbocycles. The van der Waals surface area contributed by atoms with E-state index >= 15 is 0 Å². The molecule has 0 aromatic heterocycles. The van der Waals surface area contributed by atoms with Crippen LogP contribution in [-0.2, 0) is 0 Å². The number of likely N-dealkylation sites (N-methyl/N-ethyl adjacent to an activating group) is 1. The van der Waals surface area contributed by atoms with Crippen LogP contribution in [0, 0.1) is 5.82 Å². The van der Waals surface area contributed by atoms with Gasteiger partial charge in [-0.15, -0.1) is 0 Å². The number of hydrogen-bond donors (Lipinski definition) is 1. The van der Waals surface area contributed by atoms with Gasteiger partial charge in [-0.1, -0.05) is 6.92 Å². The van der Waals surface area contributed by atoms with E-state index < -0.39 is 0 Å². The second kappa shape index (κ2) is 7.60. The second-order valence-electron chi connectivity index (χ2n) is 5.65. The Morgan fingerprint density at radius 1 is 1.25 bits per heavy atom. The molecule has 0 radical (unpaired) electrons. The van der Waals surface area contributed by atoms with Crippen LogP contribution in [0.4, 0.5) is 10.1 Å². The predicted molar refractivity (Wildman–Crippen MR) is 82.7 cm³/mol. The first-order chi connectivity index (χ1) is 9.69. The van der Waals surface area contributed by atoms with E-state index in [4.69, 9.17) is 0 Å². The largest absolute Gasteiger partial charge is 0.384 e. The molecule has 1 aromatic carbocycles. The molecule has 4 heteroatoms. The summed E-state index contributed by atoms with van der Waals surface area (Å²) >= 11 is 0. The van der Waals surface area contributed by atoms with Gasteiger partial charge in [0.25, 0.3) is 0 Å². The van der Waals surface area contributed by atoms with Gasteiger partial charge in [0.15, 0.2) is 0 Å². The molecule has 0 bridgehead atoms. The topological polar surface area (TPSA) is 18.5 Å². The molecule has 1 N–H and O–H groups in total. The van der Waals surface area contributed by atoms with E-state index in [1.165, 1.54) is 38.1 Å². The molecular formula is C16H26FN3. The van der Waals surface area contributed by atoms with Crippen molar-refractivity contribution in [2.45, 2.75) is 25.8 Å². The van der Waals surface area contributed by atoms with Gasteiger partial charge in [0.1, 0.15) is 5.82 Å². The maximum atomic E-state index is 12.8. The van der Waals surface area contributed by atoms with Crippen LogP contribution in [0.25, 0.3) is 0 Å². The smallest absolute Gasteiger partial charge is 0.123 e. The summed E-state index contributed by atoms with van der Waals surface area (Å²) in [6.07, 6.45) is 2.43. The Hall–Kier alpha value is -1.13. The summed E-state index contributed by atoms with van der Waals surface area (Å²) in [6.45, 7) is 7.75. The highest BCUT2D eigenvalue weighted by molar-refractivity contribution is 5.42. The molecule has 1 fully saturated rings. The van der Waals surface area contributed by atoms with E-state index in [1.54, 1.807) is 12.1 Å². The van der Waals surface area contributed by atoms with Gasteiger partial charge >= 0.3 is 0 Å². The van der Waals surface area contributed by atoms with Gasteiger partial charge in [-0.2, -0.15) is 0 Å². The second-order valence-corrected chi connectivity index (χ2v) is 5.65. The summed E-state index contributed by atoms with van der Waals surface area (Å²) in [4.78, 5) is 5.02. The maximum Gasteiger partial charge on any atom is 0.123 e. The quantitative estimate of drug-likeness (QED) is 0.894. The van der Waals surface area contributed by atoms with Gasteiger partial charge in [-0.3, -0.25) is 4.90 Å². The highest BCUT2D eigenvalue weighted by Gasteiger charge is 2.21. The fraction of sp³-hybridized carbons (Fsp3) is 0.625. The fourth-order valence-corrected chi connectivity index (χ4v) is 2.89. The van der Waals surface area contributed by atoms with E-state index in [9.17, 15) is 4.39 Å². The Balaban J connectivity index is 1.80. The van der Waals surface area contributed by atoms with Crippen molar-refractivity contribution < 1.29 is 4.39 Å². The number of nitrogens with one attached hydrogen (secondary N) is 1. The van der Waals surface area contributed by atoms with E-state index in [-0.39, 0.29) is 5.82 Å². The van der Waals surface area contributed by atoms with Crippen LogP contribution in [-0.4, -0.2) is 55.6 Å². The molecule has 0 amide bonds. The van der Waals surface area contributed by atoms with Gasteiger partial charge in [-0.25, -0.2) is 4.39 Å². The number of hydrogen-bond acceptors (Lipinski definition) is 3. The number of nitrogens with zero attached hydrogens (tertiary/aromatic N) is 2. The average Bonchev–Trinajstić information content (AvgIpc) is 2.62. The fourth-order valence-electron chi connectivity index (χ4n) is 2.89. The first-order valence-electron chi connectivity index (χ1n) is 7.61. The summed E-state index contributed by atoms with van der Waals surface area (Å²) < 4.78 is 12.8. The van der Waals surface area contributed by atoms with Crippen LogP contribution in [0.3, 0.4) is 0 Å². The Bertz CT molecular complexity index is 393. The zero-order chi connectivity index (χ0) is 14.4. The molecule has 1 saturated heterocycles. The molecule has 1 aromatic rings. The van der Waals surface area contributed by atoms with Crippen LogP contribution in [0.15, 0.2) is 24.3 Å². The van der Waals surface area contributed by atoms with Crippen LogP contribution in [0.5, 0.6) is 0 Å². The van der Waals surface area contributed by atoms with Gasteiger partial charge in [0, 0.05) is 31.4 Å². The lowest BCUT2D eigenvalue weighted by molar-refractivity contribution is 0.190. The maximum absolute atomic E-state index is 12.8. The summed E-state index contributed by atoms with van der Waals surface area (Å²) in [5.41, 5.74) is 0.992. The SMILES string of the molecule is CCC1CN(C)CCCN1CCNc1ccc(F)cc1. The van der Waals surface area contributed by atoms with E-state index in [2.05, 4.69) is 29.1 Å². The molecule has 1 atom stereocenters. The summed E-state index contributed by atoms with van der Waals surface area (Å²) in [5, 5.41) is 3.37. The van der Waals surface area contributed by atoms with Crippen molar-refractivity contribution in [3.63, 3.8) is 0 Å². The lowest BCUT2D eigenvalue weighted by Crippen LogP contribution is -2.41. The van der Waals surface area contributed by atoms with E-state index in [0.717, 1.165) is 25.3 Å². The molecule has 1 aliphatic heterocycles. The normalized spacial score (nSPS) is 21.6. The zero-order valence-electron chi connectivity index (χ0n) is 12.6. The minimum absolute atomic E-state index is 0.183. The molecular weight excluding hydrogens is 253 g/mol. The monoisotopic (exact) mass is 279 g/mol. The molecule has 0 saturated carbocycles. The molecule has 20 heavy (non-hydrogen) atoms. The first kappa shape index (κ1) is 15.3.